The lowest BCUT2D eigenvalue weighted by Gasteiger charge is -2.13. The molecule has 2 N–H and O–H groups in total. The lowest BCUT2D eigenvalue weighted by atomic mass is 10.1. The zero-order chi connectivity index (χ0) is 28.0. The Bertz CT molecular complexity index is 1620. The van der Waals surface area contributed by atoms with Gasteiger partial charge in [-0.05, 0) is 59.7 Å². The van der Waals surface area contributed by atoms with Crippen molar-refractivity contribution in [3.05, 3.63) is 131 Å². The third-order valence-electron chi connectivity index (χ3n) is 5.57. The molecule has 0 fully saturated rings. The van der Waals surface area contributed by atoms with E-state index in [2.05, 4.69) is 5.32 Å². The van der Waals surface area contributed by atoms with Crippen molar-refractivity contribution >= 4 is 39.7 Å². The number of nitrogens with one attached hydrogen (secondary N) is 2. The fourth-order valence-electron chi connectivity index (χ4n) is 3.55. The van der Waals surface area contributed by atoms with E-state index < -0.39 is 33.6 Å². The molecule has 0 atom stereocenters. The maximum absolute atomic E-state index is 12.9. The Hall–Kier alpha value is -4.70. The van der Waals surface area contributed by atoms with Gasteiger partial charge >= 0.3 is 6.18 Å². The molecule has 0 aliphatic heterocycles. The molecule has 0 aliphatic rings. The fourth-order valence-corrected chi connectivity index (χ4v) is 4.69. The number of alkyl halides is 3. The smallest absolute Gasteiger partial charge is 0.321 e. The van der Waals surface area contributed by atoms with E-state index in [9.17, 15) is 31.2 Å². The minimum absolute atomic E-state index is 0.0803. The van der Waals surface area contributed by atoms with Gasteiger partial charge in [-0.1, -0.05) is 66.7 Å². The van der Waals surface area contributed by atoms with Gasteiger partial charge in [-0.3, -0.25) is 9.59 Å². The zero-order valence-corrected chi connectivity index (χ0v) is 21.0. The van der Waals surface area contributed by atoms with Crippen LogP contribution in [-0.2, 0) is 16.2 Å². The van der Waals surface area contributed by atoms with Crippen molar-refractivity contribution < 1.29 is 31.2 Å². The molecular formula is C29H21F3N2O4S. The highest BCUT2D eigenvalue weighted by molar-refractivity contribution is 7.90. The zero-order valence-electron chi connectivity index (χ0n) is 20.1. The van der Waals surface area contributed by atoms with Crippen LogP contribution in [0.1, 0.15) is 37.4 Å². The molecule has 10 heteroatoms. The Morgan fingerprint density at radius 2 is 1.15 bits per heavy atom. The van der Waals surface area contributed by atoms with E-state index in [1.807, 2.05) is 47.2 Å². The van der Waals surface area contributed by atoms with Crippen LogP contribution in [0.2, 0.25) is 0 Å². The number of hydrogen-bond donors (Lipinski definition) is 2. The standard InChI is InChI=1S/C29H21F3N2O4S/c30-29(31,32)24-18-16-23(17-19-24)28(36)34-39(37,38)26-9-5-4-8-25(26)33-27(35)22-14-12-21(13-15-22)11-10-20-6-2-1-3-7-20/h1-19H,(H,33,35)(H,34,36). The number of halogens is 3. The van der Waals surface area contributed by atoms with Gasteiger partial charge in [0.1, 0.15) is 4.90 Å². The molecule has 0 saturated carbocycles. The maximum Gasteiger partial charge on any atom is 0.416 e. The number of carbonyl (C=O) groups is 2. The molecule has 6 nitrogen and oxygen atoms in total. The minimum Gasteiger partial charge on any atom is -0.321 e. The number of benzene rings is 4. The van der Waals surface area contributed by atoms with Crippen LogP contribution in [0.15, 0.2) is 108 Å². The molecule has 0 unspecified atom stereocenters. The number of sulfonamides is 1. The van der Waals surface area contributed by atoms with Crippen molar-refractivity contribution in [2.45, 2.75) is 11.1 Å². The van der Waals surface area contributed by atoms with Crippen molar-refractivity contribution in [1.82, 2.24) is 4.72 Å². The molecule has 4 rings (SSSR count). The molecule has 2 amide bonds. The van der Waals surface area contributed by atoms with Gasteiger partial charge < -0.3 is 5.32 Å². The Morgan fingerprint density at radius 1 is 0.641 bits per heavy atom. The minimum atomic E-state index is -4.60. The highest BCUT2D eigenvalue weighted by Crippen LogP contribution is 2.29. The van der Waals surface area contributed by atoms with Gasteiger partial charge in [-0.25, -0.2) is 13.1 Å². The SMILES string of the molecule is O=C(Nc1ccccc1S(=O)(=O)NC(=O)c1ccc(C(F)(F)F)cc1)c1ccc(C=Cc2ccccc2)cc1. The van der Waals surface area contributed by atoms with Crippen molar-refractivity contribution in [3.8, 4) is 0 Å². The summed E-state index contributed by atoms with van der Waals surface area (Å²) >= 11 is 0. The maximum atomic E-state index is 12.9. The molecule has 0 spiro atoms. The van der Waals surface area contributed by atoms with Crippen LogP contribution in [-0.4, -0.2) is 20.2 Å². The van der Waals surface area contributed by atoms with Crippen molar-refractivity contribution in [1.29, 1.82) is 0 Å². The van der Waals surface area contributed by atoms with Gasteiger partial charge in [-0.2, -0.15) is 13.2 Å². The van der Waals surface area contributed by atoms with Crippen LogP contribution >= 0.6 is 0 Å². The molecule has 0 radical (unpaired) electrons. The van der Waals surface area contributed by atoms with Crippen LogP contribution in [0, 0.1) is 0 Å². The van der Waals surface area contributed by atoms with Crippen LogP contribution < -0.4 is 10.0 Å². The molecule has 0 saturated heterocycles. The quantitative estimate of drug-likeness (QED) is 0.266. The van der Waals surface area contributed by atoms with E-state index in [0.717, 1.165) is 23.3 Å². The van der Waals surface area contributed by atoms with E-state index in [-0.39, 0.29) is 21.7 Å². The summed E-state index contributed by atoms with van der Waals surface area (Å²) in [6.07, 6.45) is -0.787. The molecule has 4 aromatic carbocycles. The predicted molar refractivity (Wildman–Crippen MR) is 142 cm³/mol. The lowest BCUT2D eigenvalue weighted by Crippen LogP contribution is -2.31. The molecule has 198 valence electrons. The van der Waals surface area contributed by atoms with Crippen molar-refractivity contribution in [3.63, 3.8) is 0 Å². The van der Waals surface area contributed by atoms with Crippen LogP contribution in [0.3, 0.4) is 0 Å². The highest BCUT2D eigenvalue weighted by atomic mass is 32.2. The Labute approximate surface area is 222 Å². The van der Waals surface area contributed by atoms with E-state index >= 15 is 0 Å². The van der Waals surface area contributed by atoms with Gasteiger partial charge in [0.25, 0.3) is 21.8 Å². The Kier molecular flexibility index (Phi) is 7.96. The van der Waals surface area contributed by atoms with E-state index in [1.165, 1.54) is 24.3 Å². The monoisotopic (exact) mass is 550 g/mol. The molecule has 0 aliphatic carbocycles. The Morgan fingerprint density at radius 3 is 1.77 bits per heavy atom. The Balaban J connectivity index is 1.47. The second-order valence-corrected chi connectivity index (χ2v) is 9.98. The predicted octanol–water partition coefficient (Wildman–Crippen LogP) is 6.25. The summed E-state index contributed by atoms with van der Waals surface area (Å²) in [6.45, 7) is 0. The third kappa shape index (κ3) is 6.99. The number of rotatable bonds is 7. The summed E-state index contributed by atoms with van der Waals surface area (Å²) in [5.74, 6) is -1.70. The first kappa shape index (κ1) is 27.3. The first-order chi connectivity index (χ1) is 18.5. The van der Waals surface area contributed by atoms with Crippen molar-refractivity contribution in [2.24, 2.45) is 0 Å². The molecule has 0 bridgehead atoms. The van der Waals surface area contributed by atoms with Crippen LogP contribution in [0.5, 0.6) is 0 Å². The number of para-hydroxylation sites is 1. The fraction of sp³-hybridized carbons (Fsp3) is 0.0345. The van der Waals surface area contributed by atoms with Crippen LogP contribution in [0.25, 0.3) is 12.2 Å². The van der Waals surface area contributed by atoms with E-state index in [0.29, 0.717) is 12.1 Å². The largest absolute Gasteiger partial charge is 0.416 e. The van der Waals surface area contributed by atoms with Crippen molar-refractivity contribution in [2.75, 3.05) is 5.32 Å². The average molecular weight is 551 g/mol. The van der Waals surface area contributed by atoms with Gasteiger partial charge in [0, 0.05) is 11.1 Å². The van der Waals surface area contributed by atoms with Gasteiger partial charge in [0.05, 0.1) is 11.3 Å². The van der Waals surface area contributed by atoms with Gasteiger partial charge in [0.2, 0.25) is 0 Å². The number of amides is 2. The first-order valence-electron chi connectivity index (χ1n) is 11.5. The average Bonchev–Trinajstić information content (AvgIpc) is 2.92. The summed E-state index contributed by atoms with van der Waals surface area (Å²) in [7, 11) is -4.49. The molecular weight excluding hydrogens is 529 g/mol. The summed E-state index contributed by atoms with van der Waals surface area (Å²) < 4.78 is 66.0. The first-order valence-corrected chi connectivity index (χ1v) is 13.0. The van der Waals surface area contributed by atoms with Gasteiger partial charge in [-0.15, -0.1) is 0 Å². The number of hydrogen-bond acceptors (Lipinski definition) is 4. The highest BCUT2D eigenvalue weighted by Gasteiger charge is 2.30. The molecule has 0 heterocycles. The molecule has 4 aromatic rings. The molecule has 39 heavy (non-hydrogen) atoms. The second-order valence-electron chi connectivity index (χ2n) is 8.33. The summed E-state index contributed by atoms with van der Waals surface area (Å²) in [4.78, 5) is 24.9. The summed E-state index contributed by atoms with van der Waals surface area (Å²) in [5.41, 5.74) is 0.799. The second kappa shape index (κ2) is 11.4. The number of carbonyl (C=O) groups excluding carboxylic acids is 2. The third-order valence-corrected chi connectivity index (χ3v) is 6.96. The topological polar surface area (TPSA) is 92.3 Å². The van der Waals surface area contributed by atoms with E-state index in [1.54, 1.807) is 24.3 Å². The summed E-state index contributed by atoms with van der Waals surface area (Å²) in [6, 6.07) is 24.9. The molecule has 0 aromatic heterocycles. The summed E-state index contributed by atoms with van der Waals surface area (Å²) in [5, 5.41) is 2.53. The van der Waals surface area contributed by atoms with Crippen LogP contribution in [0.4, 0.5) is 18.9 Å². The number of anilines is 1. The van der Waals surface area contributed by atoms with Gasteiger partial charge in [0.15, 0.2) is 0 Å². The lowest BCUT2D eigenvalue weighted by molar-refractivity contribution is -0.137. The van der Waals surface area contributed by atoms with E-state index in [4.69, 9.17) is 0 Å². The normalized spacial score (nSPS) is 11.8.